The lowest BCUT2D eigenvalue weighted by atomic mass is 10.1. The maximum atomic E-state index is 12.6. The molecule has 160 valence electrons. The van der Waals surface area contributed by atoms with Crippen molar-refractivity contribution < 1.29 is 9.59 Å². The monoisotopic (exact) mass is 400 g/mol. The number of carbonyl (C=O) groups is 2. The minimum Gasteiger partial charge on any atom is -0.342 e. The van der Waals surface area contributed by atoms with Gasteiger partial charge in [-0.1, -0.05) is 38.0 Å². The topological polar surface area (TPSA) is 55.9 Å². The van der Waals surface area contributed by atoms with Gasteiger partial charge >= 0.3 is 0 Å². The zero-order chi connectivity index (χ0) is 20.6. The number of benzene rings is 1. The van der Waals surface area contributed by atoms with E-state index in [4.69, 9.17) is 0 Å². The zero-order valence-corrected chi connectivity index (χ0v) is 18.1. The van der Waals surface area contributed by atoms with E-state index in [-0.39, 0.29) is 11.8 Å². The van der Waals surface area contributed by atoms with Crippen LogP contribution in [-0.4, -0.2) is 78.9 Å². The second kappa shape index (κ2) is 10.7. The van der Waals surface area contributed by atoms with Crippen molar-refractivity contribution in [2.75, 3.05) is 57.7 Å². The smallest absolute Gasteiger partial charge is 0.238 e. The Morgan fingerprint density at radius 2 is 1.52 bits per heavy atom. The fourth-order valence-corrected chi connectivity index (χ4v) is 4.30. The third kappa shape index (κ3) is 6.28. The van der Waals surface area contributed by atoms with Gasteiger partial charge in [-0.05, 0) is 37.3 Å². The molecule has 0 aromatic heterocycles. The molecule has 6 heteroatoms. The summed E-state index contributed by atoms with van der Waals surface area (Å²) in [5.74, 6) is 0.313. The van der Waals surface area contributed by atoms with Crippen LogP contribution < -0.4 is 5.32 Å². The number of piperazine rings is 1. The summed E-state index contributed by atoms with van der Waals surface area (Å²) in [7, 11) is 0. The van der Waals surface area contributed by atoms with Crippen molar-refractivity contribution in [1.29, 1.82) is 0 Å². The van der Waals surface area contributed by atoms with Gasteiger partial charge in [0.05, 0.1) is 13.1 Å². The van der Waals surface area contributed by atoms with E-state index in [1.54, 1.807) is 0 Å². The second-order valence-corrected chi connectivity index (χ2v) is 8.36. The van der Waals surface area contributed by atoms with E-state index in [1.807, 2.05) is 24.0 Å². The van der Waals surface area contributed by atoms with Crippen LogP contribution in [0.3, 0.4) is 0 Å². The van der Waals surface area contributed by atoms with E-state index >= 15 is 0 Å². The molecule has 0 atom stereocenters. The van der Waals surface area contributed by atoms with Gasteiger partial charge in [-0.25, -0.2) is 0 Å². The zero-order valence-electron chi connectivity index (χ0n) is 18.1. The molecule has 2 saturated heterocycles. The third-order valence-corrected chi connectivity index (χ3v) is 6.15. The summed E-state index contributed by atoms with van der Waals surface area (Å²) in [5, 5.41) is 3.11. The molecule has 0 radical (unpaired) electrons. The summed E-state index contributed by atoms with van der Waals surface area (Å²) in [6, 6.07) is 6.15. The minimum absolute atomic E-state index is 0.0445. The van der Waals surface area contributed by atoms with E-state index in [2.05, 4.69) is 28.1 Å². The molecular formula is C23H36N4O2. The third-order valence-electron chi connectivity index (χ3n) is 6.15. The van der Waals surface area contributed by atoms with Gasteiger partial charge in [0.25, 0.3) is 0 Å². The Morgan fingerprint density at radius 1 is 0.897 bits per heavy atom. The van der Waals surface area contributed by atoms with Crippen LogP contribution in [0.25, 0.3) is 0 Å². The van der Waals surface area contributed by atoms with Gasteiger partial charge < -0.3 is 10.2 Å². The first-order valence-corrected chi connectivity index (χ1v) is 11.2. The lowest BCUT2D eigenvalue weighted by Crippen LogP contribution is -2.51. The average Bonchev–Trinajstić information content (AvgIpc) is 3.00. The van der Waals surface area contributed by atoms with Gasteiger partial charge in [-0.3, -0.25) is 19.4 Å². The van der Waals surface area contributed by atoms with Gasteiger partial charge in [0, 0.05) is 45.0 Å². The number of likely N-dealkylation sites (tertiary alicyclic amines) is 1. The van der Waals surface area contributed by atoms with Crippen LogP contribution in [-0.2, 0) is 16.0 Å². The summed E-state index contributed by atoms with van der Waals surface area (Å²) in [4.78, 5) is 31.6. The van der Waals surface area contributed by atoms with Crippen LogP contribution in [0, 0.1) is 6.92 Å². The van der Waals surface area contributed by atoms with Gasteiger partial charge in [0.15, 0.2) is 0 Å². The largest absolute Gasteiger partial charge is 0.342 e. The molecular weight excluding hydrogens is 364 g/mol. The van der Waals surface area contributed by atoms with Crippen molar-refractivity contribution in [2.24, 2.45) is 0 Å². The van der Waals surface area contributed by atoms with Gasteiger partial charge in [-0.15, -0.1) is 0 Å². The summed E-state index contributed by atoms with van der Waals surface area (Å²) < 4.78 is 0. The minimum atomic E-state index is 0.0445. The second-order valence-electron chi connectivity index (χ2n) is 8.36. The van der Waals surface area contributed by atoms with Crippen molar-refractivity contribution >= 4 is 17.5 Å². The molecule has 1 N–H and O–H groups in total. The molecule has 3 rings (SSSR count). The first-order chi connectivity index (χ1) is 14.1. The van der Waals surface area contributed by atoms with E-state index in [1.165, 1.54) is 18.4 Å². The quantitative estimate of drug-likeness (QED) is 0.797. The molecule has 29 heavy (non-hydrogen) atoms. The Hall–Kier alpha value is -1.92. The normalized spacial score (nSPS) is 19.0. The SMILES string of the molecule is CCc1cccc(C)c1NC(=O)CN1CCN(CC(=O)N2CCCCCC2)CC1. The first-order valence-electron chi connectivity index (χ1n) is 11.2. The predicted octanol–water partition coefficient (Wildman–Crippen LogP) is 2.52. The fourth-order valence-electron chi connectivity index (χ4n) is 4.30. The molecule has 2 aliphatic rings. The molecule has 2 fully saturated rings. The van der Waals surface area contributed by atoms with Crippen LogP contribution in [0.1, 0.15) is 43.7 Å². The Kier molecular flexibility index (Phi) is 8.07. The van der Waals surface area contributed by atoms with Crippen LogP contribution in [0.5, 0.6) is 0 Å². The Morgan fingerprint density at radius 3 is 2.14 bits per heavy atom. The summed E-state index contributed by atoms with van der Waals surface area (Å²) in [6.45, 7) is 10.2. The number of nitrogens with one attached hydrogen (secondary N) is 1. The number of hydrogen-bond acceptors (Lipinski definition) is 4. The highest BCUT2D eigenvalue weighted by Gasteiger charge is 2.23. The molecule has 2 aliphatic heterocycles. The summed E-state index contributed by atoms with van der Waals surface area (Å²) >= 11 is 0. The number of hydrogen-bond donors (Lipinski definition) is 1. The molecule has 1 aromatic carbocycles. The fraction of sp³-hybridized carbons (Fsp3) is 0.652. The molecule has 2 amide bonds. The van der Waals surface area contributed by atoms with Crippen molar-refractivity contribution in [2.45, 2.75) is 46.0 Å². The lowest BCUT2D eigenvalue weighted by molar-refractivity contribution is -0.133. The van der Waals surface area contributed by atoms with Gasteiger partial charge in [0.2, 0.25) is 11.8 Å². The molecule has 0 saturated carbocycles. The van der Waals surface area contributed by atoms with E-state index in [0.29, 0.717) is 13.1 Å². The van der Waals surface area contributed by atoms with E-state index < -0.39 is 0 Å². The van der Waals surface area contributed by atoms with Crippen LogP contribution in [0.15, 0.2) is 18.2 Å². The van der Waals surface area contributed by atoms with Crippen LogP contribution >= 0.6 is 0 Å². The molecule has 1 aromatic rings. The standard InChI is InChI=1S/C23H36N4O2/c1-3-20-10-8-9-19(2)23(20)24-21(28)17-25-13-15-26(16-14-25)18-22(29)27-11-6-4-5-7-12-27/h8-10H,3-7,11-18H2,1-2H3,(H,24,28). The number of amides is 2. The van der Waals surface area contributed by atoms with E-state index in [0.717, 1.165) is 69.8 Å². The van der Waals surface area contributed by atoms with Crippen molar-refractivity contribution in [3.8, 4) is 0 Å². The number of carbonyl (C=O) groups excluding carboxylic acids is 2. The number of anilines is 1. The average molecular weight is 401 g/mol. The first kappa shape index (κ1) is 21.8. The Balaban J connectivity index is 1.42. The predicted molar refractivity (Wildman–Crippen MR) is 117 cm³/mol. The number of para-hydroxylation sites is 1. The maximum absolute atomic E-state index is 12.6. The van der Waals surface area contributed by atoms with Crippen molar-refractivity contribution in [1.82, 2.24) is 14.7 Å². The number of nitrogens with zero attached hydrogens (tertiary/aromatic N) is 3. The molecule has 0 spiro atoms. The number of rotatable bonds is 6. The lowest BCUT2D eigenvalue weighted by Gasteiger charge is -2.35. The molecule has 0 unspecified atom stereocenters. The molecule has 0 bridgehead atoms. The molecule has 2 heterocycles. The van der Waals surface area contributed by atoms with E-state index in [9.17, 15) is 9.59 Å². The maximum Gasteiger partial charge on any atom is 0.238 e. The van der Waals surface area contributed by atoms with Gasteiger partial charge in [0.1, 0.15) is 0 Å². The summed E-state index contributed by atoms with van der Waals surface area (Å²) in [5.41, 5.74) is 3.24. The highest BCUT2D eigenvalue weighted by Crippen LogP contribution is 2.21. The van der Waals surface area contributed by atoms with Crippen LogP contribution in [0.4, 0.5) is 5.69 Å². The summed E-state index contributed by atoms with van der Waals surface area (Å²) in [6.07, 6.45) is 5.66. The Labute approximate surface area is 175 Å². The van der Waals surface area contributed by atoms with Crippen LogP contribution in [0.2, 0.25) is 0 Å². The molecule has 6 nitrogen and oxygen atoms in total. The van der Waals surface area contributed by atoms with Crippen molar-refractivity contribution in [3.63, 3.8) is 0 Å². The molecule has 0 aliphatic carbocycles. The van der Waals surface area contributed by atoms with Crippen molar-refractivity contribution in [3.05, 3.63) is 29.3 Å². The Bertz CT molecular complexity index is 690. The highest BCUT2D eigenvalue weighted by molar-refractivity contribution is 5.93. The highest BCUT2D eigenvalue weighted by atomic mass is 16.2. The number of aryl methyl sites for hydroxylation is 2. The van der Waals surface area contributed by atoms with Gasteiger partial charge in [-0.2, -0.15) is 0 Å².